The predicted molar refractivity (Wildman–Crippen MR) is 87.0 cm³/mol. The Morgan fingerprint density at radius 1 is 1.17 bits per heavy atom. The van der Waals surface area contributed by atoms with Crippen LogP contribution >= 0.6 is 0 Å². The normalized spacial score (nSPS) is 19.7. The number of carbonyl (C=O) groups excluding carboxylic acids is 2. The molecule has 1 aliphatic rings. The highest BCUT2D eigenvalue weighted by Crippen LogP contribution is 2.37. The molecule has 1 fully saturated rings. The number of rotatable bonds is 3. The van der Waals surface area contributed by atoms with Crippen LogP contribution in [0.5, 0.6) is 0 Å². The largest absolute Gasteiger partial charge is 0.435 e. The van der Waals surface area contributed by atoms with Crippen molar-refractivity contribution in [1.29, 1.82) is 0 Å². The number of likely N-dealkylation sites (N-methyl/N-ethyl adjacent to an activating group) is 1. The molecule has 2 aromatic rings. The Morgan fingerprint density at radius 2 is 1.83 bits per heavy atom. The third-order valence-electron chi connectivity index (χ3n) is 4.68. The fourth-order valence-corrected chi connectivity index (χ4v) is 3.26. The first kappa shape index (κ1) is 20.7. The van der Waals surface area contributed by atoms with E-state index in [2.05, 4.69) is 5.10 Å². The SMILES string of the molecule is CN1CC(c2cc(C(F)(F)F)nn2C)C(C(=O)Nc2ccc(F)c(F)c2F)C1=O. The zero-order chi connectivity index (χ0) is 21.7. The van der Waals surface area contributed by atoms with Gasteiger partial charge in [-0.1, -0.05) is 0 Å². The molecule has 0 spiro atoms. The highest BCUT2D eigenvalue weighted by Gasteiger charge is 2.47. The topological polar surface area (TPSA) is 67.2 Å². The molecule has 2 amide bonds. The van der Waals surface area contributed by atoms with Crippen LogP contribution < -0.4 is 5.32 Å². The summed E-state index contributed by atoms with van der Waals surface area (Å²) in [5.41, 5.74) is -1.92. The minimum absolute atomic E-state index is 0.0269. The van der Waals surface area contributed by atoms with E-state index in [0.29, 0.717) is 6.07 Å². The molecule has 1 aromatic carbocycles. The van der Waals surface area contributed by atoms with E-state index in [1.807, 2.05) is 5.32 Å². The number of nitrogens with one attached hydrogen (secondary N) is 1. The van der Waals surface area contributed by atoms with Crippen molar-refractivity contribution in [3.63, 3.8) is 0 Å². The Balaban J connectivity index is 1.94. The van der Waals surface area contributed by atoms with Crippen LogP contribution in [0.15, 0.2) is 18.2 Å². The van der Waals surface area contributed by atoms with E-state index in [9.17, 15) is 35.9 Å². The van der Waals surface area contributed by atoms with Crippen LogP contribution in [-0.4, -0.2) is 40.1 Å². The van der Waals surface area contributed by atoms with Crippen molar-refractivity contribution in [3.8, 4) is 0 Å². The molecule has 29 heavy (non-hydrogen) atoms. The summed E-state index contributed by atoms with van der Waals surface area (Å²) >= 11 is 0. The maximum Gasteiger partial charge on any atom is 0.435 e. The Morgan fingerprint density at radius 3 is 2.41 bits per heavy atom. The smallest absolute Gasteiger partial charge is 0.344 e. The van der Waals surface area contributed by atoms with E-state index in [1.54, 1.807) is 0 Å². The van der Waals surface area contributed by atoms with Gasteiger partial charge in [-0.05, 0) is 18.2 Å². The van der Waals surface area contributed by atoms with E-state index < -0.39 is 58.7 Å². The van der Waals surface area contributed by atoms with Crippen molar-refractivity contribution < 1.29 is 35.9 Å². The number of likely N-dealkylation sites (tertiary alicyclic amines) is 1. The number of alkyl halides is 3. The fourth-order valence-electron chi connectivity index (χ4n) is 3.26. The number of anilines is 1. The van der Waals surface area contributed by atoms with Gasteiger partial charge in [0.1, 0.15) is 5.92 Å². The molecule has 156 valence electrons. The zero-order valence-electron chi connectivity index (χ0n) is 15.0. The van der Waals surface area contributed by atoms with Crippen LogP contribution in [0.2, 0.25) is 0 Å². The monoisotopic (exact) mass is 420 g/mol. The fraction of sp³-hybridized carbons (Fsp3) is 0.353. The van der Waals surface area contributed by atoms with Crippen molar-refractivity contribution in [1.82, 2.24) is 14.7 Å². The molecule has 6 nitrogen and oxygen atoms in total. The molecule has 1 aliphatic heterocycles. The summed E-state index contributed by atoms with van der Waals surface area (Å²) in [4.78, 5) is 26.2. The number of aromatic nitrogens is 2. The molecule has 3 rings (SSSR count). The summed E-state index contributed by atoms with van der Waals surface area (Å²) in [7, 11) is 2.58. The van der Waals surface area contributed by atoms with Crippen molar-refractivity contribution in [2.45, 2.75) is 12.1 Å². The molecule has 1 aromatic heterocycles. The summed E-state index contributed by atoms with van der Waals surface area (Å²) < 4.78 is 80.0. The molecule has 0 aliphatic carbocycles. The lowest BCUT2D eigenvalue weighted by Crippen LogP contribution is -2.33. The maximum absolute atomic E-state index is 13.8. The first-order chi connectivity index (χ1) is 13.4. The van der Waals surface area contributed by atoms with E-state index in [-0.39, 0.29) is 12.2 Å². The van der Waals surface area contributed by atoms with E-state index in [0.717, 1.165) is 21.7 Å². The maximum atomic E-state index is 13.8. The van der Waals surface area contributed by atoms with Gasteiger partial charge in [0.05, 0.1) is 5.69 Å². The van der Waals surface area contributed by atoms with Gasteiger partial charge in [0.15, 0.2) is 23.1 Å². The number of carbonyl (C=O) groups is 2. The van der Waals surface area contributed by atoms with Gasteiger partial charge in [0.2, 0.25) is 11.8 Å². The molecule has 0 radical (unpaired) electrons. The van der Waals surface area contributed by atoms with Gasteiger partial charge in [-0.2, -0.15) is 18.3 Å². The quantitative estimate of drug-likeness (QED) is 0.472. The van der Waals surface area contributed by atoms with Gasteiger partial charge < -0.3 is 10.2 Å². The summed E-state index contributed by atoms with van der Waals surface area (Å²) in [5, 5.41) is 5.38. The lowest BCUT2D eigenvalue weighted by molar-refractivity contribution is -0.141. The van der Waals surface area contributed by atoms with Crippen LogP contribution in [0, 0.1) is 23.4 Å². The van der Waals surface area contributed by atoms with Crippen LogP contribution in [0.1, 0.15) is 17.3 Å². The number of aryl methyl sites for hydroxylation is 1. The summed E-state index contributed by atoms with van der Waals surface area (Å²) in [6.45, 7) is -0.0893. The molecule has 2 atom stereocenters. The van der Waals surface area contributed by atoms with Crippen LogP contribution in [0.25, 0.3) is 0 Å². The molecule has 1 saturated heterocycles. The number of benzene rings is 1. The Labute approximate surface area is 160 Å². The van der Waals surface area contributed by atoms with Gasteiger partial charge in [-0.25, -0.2) is 13.2 Å². The highest BCUT2D eigenvalue weighted by atomic mass is 19.4. The molecule has 0 bridgehead atoms. The van der Waals surface area contributed by atoms with Crippen LogP contribution in [0.4, 0.5) is 32.0 Å². The summed E-state index contributed by atoms with van der Waals surface area (Å²) in [6.07, 6.45) is -4.73. The summed E-state index contributed by atoms with van der Waals surface area (Å²) in [5.74, 6) is -9.25. The predicted octanol–water partition coefficient (Wildman–Crippen LogP) is 2.67. The number of hydrogen-bond acceptors (Lipinski definition) is 3. The molecule has 2 heterocycles. The van der Waals surface area contributed by atoms with E-state index in [1.165, 1.54) is 14.1 Å². The first-order valence-corrected chi connectivity index (χ1v) is 8.22. The van der Waals surface area contributed by atoms with Crippen molar-refractivity contribution in [3.05, 3.63) is 47.0 Å². The average Bonchev–Trinajstić information content (AvgIpc) is 3.15. The molecule has 0 saturated carbocycles. The second-order valence-corrected chi connectivity index (χ2v) is 6.59. The van der Waals surface area contributed by atoms with E-state index >= 15 is 0 Å². The van der Waals surface area contributed by atoms with Gasteiger partial charge in [-0.3, -0.25) is 14.3 Å². The molecule has 2 unspecified atom stereocenters. The summed E-state index contributed by atoms with van der Waals surface area (Å²) in [6, 6.07) is 2.09. The average molecular weight is 420 g/mol. The standard InChI is InChI=1S/C17H14F6N4O2/c1-26-6-7(10-5-11(17(21,22)23)25-27(10)2)12(16(26)29)15(28)24-9-4-3-8(18)13(19)14(9)20/h3-5,7,12H,6H2,1-2H3,(H,24,28). The number of nitrogens with zero attached hydrogens (tertiary/aromatic N) is 3. The van der Waals surface area contributed by atoms with Gasteiger partial charge >= 0.3 is 6.18 Å². The third-order valence-corrected chi connectivity index (χ3v) is 4.68. The molecular weight excluding hydrogens is 406 g/mol. The molecular formula is C17H14F6N4O2. The zero-order valence-corrected chi connectivity index (χ0v) is 15.0. The molecule has 1 N–H and O–H groups in total. The van der Waals surface area contributed by atoms with Crippen molar-refractivity contribution in [2.75, 3.05) is 18.9 Å². The third kappa shape index (κ3) is 3.66. The lowest BCUT2D eigenvalue weighted by atomic mass is 9.91. The second kappa shape index (κ2) is 7.08. The number of halogens is 6. The number of hydrogen-bond donors (Lipinski definition) is 1. The van der Waals surface area contributed by atoms with Crippen LogP contribution in [-0.2, 0) is 22.8 Å². The minimum Gasteiger partial charge on any atom is -0.344 e. The second-order valence-electron chi connectivity index (χ2n) is 6.59. The Bertz CT molecular complexity index is 987. The Hall–Kier alpha value is -3.05. The Kier molecular flexibility index (Phi) is 5.05. The van der Waals surface area contributed by atoms with Gasteiger partial charge in [-0.15, -0.1) is 0 Å². The van der Waals surface area contributed by atoms with Gasteiger partial charge in [0, 0.05) is 32.3 Å². The number of amides is 2. The van der Waals surface area contributed by atoms with Crippen molar-refractivity contribution >= 4 is 17.5 Å². The van der Waals surface area contributed by atoms with Crippen molar-refractivity contribution in [2.24, 2.45) is 13.0 Å². The molecule has 12 heteroatoms. The minimum atomic E-state index is -4.73. The highest BCUT2D eigenvalue weighted by molar-refractivity contribution is 6.08. The van der Waals surface area contributed by atoms with Crippen LogP contribution in [0.3, 0.4) is 0 Å². The van der Waals surface area contributed by atoms with Gasteiger partial charge in [0.25, 0.3) is 0 Å². The first-order valence-electron chi connectivity index (χ1n) is 8.22. The van der Waals surface area contributed by atoms with E-state index in [4.69, 9.17) is 0 Å². The lowest BCUT2D eigenvalue weighted by Gasteiger charge is -2.17.